The number of allylic oxidation sites excluding steroid dienone is 1. The molecular formula is C8H7ClN2O3. The van der Waals surface area contributed by atoms with Gasteiger partial charge in [0.1, 0.15) is 0 Å². The van der Waals surface area contributed by atoms with Gasteiger partial charge in [-0.2, -0.15) is 0 Å². The lowest BCUT2D eigenvalue weighted by atomic mass is 10.3. The molecule has 5 nitrogen and oxygen atoms in total. The number of hydrogen-bond acceptors (Lipinski definition) is 4. The van der Waals surface area contributed by atoms with Gasteiger partial charge in [0.05, 0.1) is 0 Å². The Morgan fingerprint density at radius 3 is 2.93 bits per heavy atom. The summed E-state index contributed by atoms with van der Waals surface area (Å²) in [7, 11) is 0. The molecule has 0 aliphatic carbocycles. The number of hydrogen-bond donors (Lipinski definition) is 1. The minimum absolute atomic E-state index is 0.302. The lowest BCUT2D eigenvalue weighted by Crippen LogP contribution is -1.93. The highest BCUT2D eigenvalue weighted by molar-refractivity contribution is 6.19. The molecule has 1 aromatic rings. The predicted octanol–water partition coefficient (Wildman–Crippen LogP) is 1.95. The van der Waals surface area contributed by atoms with Gasteiger partial charge in [-0.1, -0.05) is 6.08 Å². The highest BCUT2D eigenvalue weighted by Crippen LogP contribution is 2.22. The van der Waals surface area contributed by atoms with Crippen LogP contribution in [-0.4, -0.2) is 20.9 Å². The monoisotopic (exact) mass is 214 g/mol. The smallest absolute Gasteiger partial charge is 0.406 e. The van der Waals surface area contributed by atoms with Crippen LogP contribution in [0, 0.1) is 10.1 Å². The minimum Gasteiger partial charge on any atom is -0.501 e. The molecular weight excluding hydrogens is 208 g/mol. The standard InChI is InChI=1S/C8H7ClN2O3/c9-5-1-2-6-3-4-7(12)8(10-6)11(13)14/h1-4,12H,5H2. The Kier molecular flexibility index (Phi) is 3.41. The molecule has 0 aliphatic heterocycles. The van der Waals surface area contributed by atoms with Crippen LogP contribution < -0.4 is 0 Å². The maximum Gasteiger partial charge on any atom is 0.406 e. The Balaban J connectivity index is 3.06. The fourth-order valence-corrected chi connectivity index (χ4v) is 0.937. The lowest BCUT2D eigenvalue weighted by molar-refractivity contribution is -0.390. The van der Waals surface area contributed by atoms with Crippen molar-refractivity contribution in [2.45, 2.75) is 0 Å². The van der Waals surface area contributed by atoms with Gasteiger partial charge in [0.15, 0.2) is 5.69 Å². The molecule has 0 aromatic carbocycles. The number of alkyl halides is 1. The number of nitrogens with zero attached hydrogens (tertiary/aromatic N) is 2. The van der Waals surface area contributed by atoms with Crippen LogP contribution in [0.15, 0.2) is 18.2 Å². The highest BCUT2D eigenvalue weighted by atomic mass is 35.5. The molecule has 0 bridgehead atoms. The highest BCUT2D eigenvalue weighted by Gasteiger charge is 2.15. The van der Waals surface area contributed by atoms with Crippen molar-refractivity contribution in [3.05, 3.63) is 34.0 Å². The largest absolute Gasteiger partial charge is 0.501 e. The zero-order chi connectivity index (χ0) is 10.6. The molecule has 0 aliphatic rings. The Hall–Kier alpha value is -1.62. The molecule has 0 fully saturated rings. The zero-order valence-electron chi connectivity index (χ0n) is 7.05. The summed E-state index contributed by atoms with van der Waals surface area (Å²) < 4.78 is 0. The summed E-state index contributed by atoms with van der Waals surface area (Å²) in [4.78, 5) is 13.3. The molecule has 0 radical (unpaired) electrons. The molecule has 14 heavy (non-hydrogen) atoms. The minimum atomic E-state index is -0.743. The normalized spacial score (nSPS) is 10.6. The lowest BCUT2D eigenvalue weighted by Gasteiger charge is -1.95. The SMILES string of the molecule is O=[N+]([O-])c1nc(C=CCCl)ccc1O. The second kappa shape index (κ2) is 4.57. The van der Waals surface area contributed by atoms with Crippen molar-refractivity contribution < 1.29 is 10.0 Å². The third-order valence-electron chi connectivity index (χ3n) is 1.43. The summed E-state index contributed by atoms with van der Waals surface area (Å²) in [6.07, 6.45) is 3.14. The van der Waals surface area contributed by atoms with Crippen LogP contribution in [0.25, 0.3) is 6.08 Å². The van der Waals surface area contributed by atoms with Gasteiger partial charge in [-0.05, 0) is 28.1 Å². The van der Waals surface area contributed by atoms with Gasteiger partial charge in [0.25, 0.3) is 0 Å². The van der Waals surface area contributed by atoms with E-state index in [1.165, 1.54) is 12.1 Å². The fraction of sp³-hybridized carbons (Fsp3) is 0.125. The fourth-order valence-electron chi connectivity index (χ4n) is 0.848. The van der Waals surface area contributed by atoms with Crippen molar-refractivity contribution in [3.8, 4) is 5.75 Å². The molecule has 6 heteroatoms. The van der Waals surface area contributed by atoms with Crippen LogP contribution in [0.3, 0.4) is 0 Å². The maximum atomic E-state index is 10.4. The number of rotatable bonds is 3. The van der Waals surface area contributed by atoms with Gasteiger partial charge < -0.3 is 15.2 Å². The molecule has 0 atom stereocenters. The topological polar surface area (TPSA) is 76.3 Å². The van der Waals surface area contributed by atoms with Gasteiger partial charge in [-0.15, -0.1) is 11.6 Å². The number of aromatic nitrogens is 1. The van der Waals surface area contributed by atoms with Gasteiger partial charge in [0, 0.05) is 5.88 Å². The molecule has 0 saturated carbocycles. The Labute approximate surface area is 84.8 Å². The zero-order valence-corrected chi connectivity index (χ0v) is 7.81. The van der Waals surface area contributed by atoms with E-state index in [0.29, 0.717) is 11.6 Å². The van der Waals surface area contributed by atoms with Gasteiger partial charge in [-0.25, -0.2) is 0 Å². The summed E-state index contributed by atoms with van der Waals surface area (Å²) in [6, 6.07) is 2.68. The summed E-state index contributed by atoms with van der Waals surface area (Å²) in [5, 5.41) is 19.5. The number of pyridine rings is 1. The van der Waals surface area contributed by atoms with E-state index < -0.39 is 16.5 Å². The van der Waals surface area contributed by atoms with E-state index in [1.807, 2.05) is 0 Å². The van der Waals surface area contributed by atoms with Crippen molar-refractivity contribution >= 4 is 23.5 Å². The first kappa shape index (κ1) is 10.5. The number of aromatic hydroxyl groups is 1. The van der Waals surface area contributed by atoms with E-state index >= 15 is 0 Å². The maximum absolute atomic E-state index is 10.4. The Morgan fingerprint density at radius 2 is 2.36 bits per heavy atom. The number of nitro groups is 1. The quantitative estimate of drug-likeness (QED) is 0.474. The van der Waals surface area contributed by atoms with Crippen molar-refractivity contribution in [1.29, 1.82) is 0 Å². The molecule has 1 rings (SSSR count). The second-order valence-corrected chi connectivity index (χ2v) is 2.70. The molecule has 1 N–H and O–H groups in total. The molecule has 0 spiro atoms. The van der Waals surface area contributed by atoms with E-state index in [1.54, 1.807) is 12.2 Å². The van der Waals surface area contributed by atoms with Crippen molar-refractivity contribution in [1.82, 2.24) is 4.98 Å². The van der Waals surface area contributed by atoms with Crippen LogP contribution in [0.1, 0.15) is 5.69 Å². The number of halogens is 1. The first-order chi connectivity index (χ1) is 6.65. The van der Waals surface area contributed by atoms with Crippen LogP contribution >= 0.6 is 11.6 Å². The summed E-state index contributed by atoms with van der Waals surface area (Å²) in [6.45, 7) is 0. The summed E-state index contributed by atoms with van der Waals surface area (Å²) in [5.41, 5.74) is 0.384. The van der Waals surface area contributed by atoms with Crippen molar-refractivity contribution in [2.24, 2.45) is 0 Å². The Morgan fingerprint density at radius 1 is 1.64 bits per heavy atom. The third kappa shape index (κ3) is 2.43. The first-order valence-electron chi connectivity index (χ1n) is 3.72. The first-order valence-corrected chi connectivity index (χ1v) is 4.25. The van der Waals surface area contributed by atoms with Crippen LogP contribution in [0.2, 0.25) is 0 Å². The molecule has 1 aromatic heterocycles. The van der Waals surface area contributed by atoms with E-state index in [9.17, 15) is 10.1 Å². The van der Waals surface area contributed by atoms with Crippen molar-refractivity contribution in [2.75, 3.05) is 5.88 Å². The second-order valence-electron chi connectivity index (χ2n) is 2.39. The average molecular weight is 215 g/mol. The third-order valence-corrected chi connectivity index (χ3v) is 1.60. The van der Waals surface area contributed by atoms with Crippen molar-refractivity contribution in [3.63, 3.8) is 0 Å². The van der Waals surface area contributed by atoms with Gasteiger partial charge in [0.2, 0.25) is 5.75 Å². The molecule has 0 amide bonds. The van der Waals surface area contributed by atoms with Crippen LogP contribution in [0.4, 0.5) is 5.82 Å². The average Bonchev–Trinajstić information content (AvgIpc) is 2.16. The van der Waals surface area contributed by atoms with E-state index in [-0.39, 0.29) is 0 Å². The molecule has 0 unspecified atom stereocenters. The van der Waals surface area contributed by atoms with Crippen LogP contribution in [-0.2, 0) is 0 Å². The van der Waals surface area contributed by atoms with Crippen LogP contribution in [0.5, 0.6) is 5.75 Å². The molecule has 74 valence electrons. The van der Waals surface area contributed by atoms with E-state index in [4.69, 9.17) is 16.7 Å². The van der Waals surface area contributed by atoms with E-state index in [2.05, 4.69) is 4.98 Å². The summed E-state index contributed by atoms with van der Waals surface area (Å²) in [5.74, 6) is -0.698. The molecule has 1 heterocycles. The predicted molar refractivity (Wildman–Crippen MR) is 52.3 cm³/mol. The van der Waals surface area contributed by atoms with Gasteiger partial charge >= 0.3 is 5.82 Å². The van der Waals surface area contributed by atoms with Gasteiger partial charge in [-0.3, -0.25) is 0 Å². The van der Waals surface area contributed by atoms with E-state index in [0.717, 1.165) is 0 Å². The summed E-state index contributed by atoms with van der Waals surface area (Å²) >= 11 is 5.39. The Bertz CT molecular complexity index is 379. The molecule has 0 saturated heterocycles.